The minimum absolute atomic E-state index is 0.138. The van der Waals surface area contributed by atoms with Crippen molar-refractivity contribution in [1.29, 1.82) is 0 Å². The molecule has 140 valence electrons. The number of amides is 1. The molecule has 1 fully saturated rings. The van der Waals surface area contributed by atoms with Crippen LogP contribution in [0.1, 0.15) is 51.9 Å². The summed E-state index contributed by atoms with van der Waals surface area (Å²) >= 11 is 3.42. The van der Waals surface area contributed by atoms with E-state index in [1.54, 1.807) is 0 Å². The van der Waals surface area contributed by atoms with E-state index in [2.05, 4.69) is 22.9 Å². The third kappa shape index (κ3) is 7.68. The second-order valence-electron chi connectivity index (χ2n) is 6.70. The van der Waals surface area contributed by atoms with Gasteiger partial charge in [0.25, 0.3) is 0 Å². The lowest BCUT2D eigenvalue weighted by atomic mass is 9.94. The van der Waals surface area contributed by atoms with E-state index in [9.17, 15) is 4.79 Å². The molecular weight excluding hydrogens is 382 g/mol. The SMILES string of the molecule is CCCCCCOC(=O)N1CCC(CCOc2ccc(Br)cc2)CC1. The molecule has 1 aromatic rings. The van der Waals surface area contributed by atoms with Gasteiger partial charge in [-0.05, 0) is 55.9 Å². The predicted molar refractivity (Wildman–Crippen MR) is 104 cm³/mol. The maximum Gasteiger partial charge on any atom is 0.409 e. The van der Waals surface area contributed by atoms with Crippen LogP contribution in [-0.2, 0) is 4.74 Å². The van der Waals surface area contributed by atoms with Crippen LogP contribution in [0.5, 0.6) is 5.75 Å². The van der Waals surface area contributed by atoms with Crippen LogP contribution in [0.2, 0.25) is 0 Å². The van der Waals surface area contributed by atoms with Gasteiger partial charge in [-0.15, -0.1) is 0 Å². The number of halogens is 1. The molecule has 1 heterocycles. The van der Waals surface area contributed by atoms with E-state index >= 15 is 0 Å². The third-order valence-electron chi connectivity index (χ3n) is 4.70. The Balaban J connectivity index is 1.56. The average molecular weight is 412 g/mol. The number of carbonyl (C=O) groups excluding carboxylic acids is 1. The van der Waals surface area contributed by atoms with Crippen LogP contribution in [0.25, 0.3) is 0 Å². The highest BCUT2D eigenvalue weighted by molar-refractivity contribution is 9.10. The quantitative estimate of drug-likeness (QED) is 0.492. The van der Waals surface area contributed by atoms with Gasteiger partial charge in [-0.1, -0.05) is 42.1 Å². The van der Waals surface area contributed by atoms with Gasteiger partial charge in [0.2, 0.25) is 0 Å². The molecule has 1 amide bonds. The van der Waals surface area contributed by atoms with Crippen molar-refractivity contribution >= 4 is 22.0 Å². The Kier molecular flexibility index (Phi) is 9.16. The highest BCUT2D eigenvalue weighted by atomic mass is 79.9. The number of ether oxygens (including phenoxy) is 2. The number of piperidine rings is 1. The van der Waals surface area contributed by atoms with Crippen LogP contribution in [0, 0.1) is 5.92 Å². The lowest BCUT2D eigenvalue weighted by Gasteiger charge is -2.31. The Labute approximate surface area is 160 Å². The fourth-order valence-electron chi connectivity index (χ4n) is 3.06. The minimum Gasteiger partial charge on any atom is -0.494 e. The van der Waals surface area contributed by atoms with Crippen molar-refractivity contribution in [2.24, 2.45) is 5.92 Å². The van der Waals surface area contributed by atoms with Crippen molar-refractivity contribution < 1.29 is 14.3 Å². The van der Waals surface area contributed by atoms with Crippen LogP contribution in [0.15, 0.2) is 28.7 Å². The molecule has 0 radical (unpaired) electrons. The number of benzene rings is 1. The van der Waals surface area contributed by atoms with Crippen molar-refractivity contribution in [2.75, 3.05) is 26.3 Å². The molecule has 0 saturated carbocycles. The van der Waals surface area contributed by atoms with Crippen molar-refractivity contribution in [3.63, 3.8) is 0 Å². The predicted octanol–water partition coefficient (Wildman–Crippen LogP) is 5.65. The van der Waals surface area contributed by atoms with Gasteiger partial charge >= 0.3 is 6.09 Å². The van der Waals surface area contributed by atoms with Gasteiger partial charge in [0.15, 0.2) is 0 Å². The highest BCUT2D eigenvalue weighted by Crippen LogP contribution is 2.22. The molecule has 4 nitrogen and oxygen atoms in total. The maximum absolute atomic E-state index is 12.0. The minimum atomic E-state index is -0.138. The second kappa shape index (κ2) is 11.4. The molecule has 0 atom stereocenters. The lowest BCUT2D eigenvalue weighted by Crippen LogP contribution is -2.39. The molecule has 0 spiro atoms. The number of rotatable bonds is 9. The van der Waals surface area contributed by atoms with Crippen molar-refractivity contribution in [3.8, 4) is 5.75 Å². The number of carbonyl (C=O) groups is 1. The summed E-state index contributed by atoms with van der Waals surface area (Å²) in [6.45, 7) is 5.07. The molecule has 1 aliphatic rings. The van der Waals surface area contributed by atoms with E-state index in [0.29, 0.717) is 12.5 Å². The zero-order valence-corrected chi connectivity index (χ0v) is 16.8. The van der Waals surface area contributed by atoms with E-state index in [1.807, 2.05) is 29.2 Å². The van der Waals surface area contributed by atoms with E-state index < -0.39 is 0 Å². The standard InChI is InChI=1S/C20H30BrNO3/c1-2-3-4-5-15-25-20(23)22-13-10-17(11-14-22)12-16-24-19-8-6-18(21)7-9-19/h6-9,17H,2-5,10-16H2,1H3. The van der Waals surface area contributed by atoms with Crippen LogP contribution in [0.4, 0.5) is 4.79 Å². The first-order valence-electron chi connectivity index (χ1n) is 9.49. The molecule has 0 aromatic heterocycles. The molecule has 2 rings (SSSR count). The van der Waals surface area contributed by atoms with Crippen LogP contribution < -0.4 is 4.74 Å². The maximum atomic E-state index is 12.0. The fraction of sp³-hybridized carbons (Fsp3) is 0.650. The van der Waals surface area contributed by atoms with E-state index in [1.165, 1.54) is 12.8 Å². The molecule has 1 aliphatic heterocycles. The summed E-state index contributed by atoms with van der Waals surface area (Å²) in [5, 5.41) is 0. The van der Waals surface area contributed by atoms with Crippen molar-refractivity contribution in [2.45, 2.75) is 51.9 Å². The fourth-order valence-corrected chi connectivity index (χ4v) is 3.32. The lowest BCUT2D eigenvalue weighted by molar-refractivity contribution is 0.0838. The highest BCUT2D eigenvalue weighted by Gasteiger charge is 2.23. The third-order valence-corrected chi connectivity index (χ3v) is 5.23. The van der Waals surface area contributed by atoms with Gasteiger partial charge < -0.3 is 14.4 Å². The largest absolute Gasteiger partial charge is 0.494 e. The summed E-state index contributed by atoms with van der Waals surface area (Å²) in [6.07, 6.45) is 7.51. The van der Waals surface area contributed by atoms with Crippen molar-refractivity contribution in [1.82, 2.24) is 4.90 Å². The number of nitrogens with zero attached hydrogens (tertiary/aromatic N) is 1. The van der Waals surface area contributed by atoms with Gasteiger partial charge in [-0.25, -0.2) is 4.79 Å². The molecule has 0 N–H and O–H groups in total. The Morgan fingerprint density at radius 2 is 1.84 bits per heavy atom. The van der Waals surface area contributed by atoms with Gasteiger partial charge in [0.05, 0.1) is 13.2 Å². The van der Waals surface area contributed by atoms with Crippen molar-refractivity contribution in [3.05, 3.63) is 28.7 Å². The van der Waals surface area contributed by atoms with Crippen LogP contribution in [-0.4, -0.2) is 37.3 Å². The average Bonchev–Trinajstić information content (AvgIpc) is 2.63. The number of hydrogen-bond donors (Lipinski definition) is 0. The number of unbranched alkanes of at least 4 members (excludes halogenated alkanes) is 3. The summed E-state index contributed by atoms with van der Waals surface area (Å²) in [5.74, 6) is 1.54. The second-order valence-corrected chi connectivity index (χ2v) is 7.61. The summed E-state index contributed by atoms with van der Waals surface area (Å²) in [6, 6.07) is 7.93. The van der Waals surface area contributed by atoms with Crippen LogP contribution in [0.3, 0.4) is 0 Å². The Morgan fingerprint density at radius 1 is 1.12 bits per heavy atom. The summed E-state index contributed by atoms with van der Waals surface area (Å²) in [4.78, 5) is 13.9. The van der Waals surface area contributed by atoms with Gasteiger partial charge in [-0.2, -0.15) is 0 Å². The first-order valence-corrected chi connectivity index (χ1v) is 10.3. The molecule has 5 heteroatoms. The smallest absolute Gasteiger partial charge is 0.409 e. The summed E-state index contributed by atoms with van der Waals surface area (Å²) < 4.78 is 12.2. The van der Waals surface area contributed by atoms with Gasteiger partial charge in [0, 0.05) is 17.6 Å². The Hall–Kier alpha value is -1.23. The molecule has 0 unspecified atom stereocenters. The van der Waals surface area contributed by atoms with Gasteiger partial charge in [0.1, 0.15) is 5.75 Å². The zero-order chi connectivity index (χ0) is 17.9. The Bertz CT molecular complexity index is 498. The number of likely N-dealkylation sites (tertiary alicyclic amines) is 1. The summed E-state index contributed by atoms with van der Waals surface area (Å²) in [7, 11) is 0. The van der Waals surface area contributed by atoms with E-state index in [-0.39, 0.29) is 6.09 Å². The molecule has 1 saturated heterocycles. The Morgan fingerprint density at radius 3 is 2.52 bits per heavy atom. The topological polar surface area (TPSA) is 38.8 Å². The first kappa shape index (κ1) is 20.1. The molecule has 0 bridgehead atoms. The van der Waals surface area contributed by atoms with Crippen LogP contribution >= 0.6 is 15.9 Å². The molecule has 0 aliphatic carbocycles. The van der Waals surface area contributed by atoms with Gasteiger partial charge in [-0.3, -0.25) is 0 Å². The number of hydrogen-bond acceptors (Lipinski definition) is 3. The van der Waals surface area contributed by atoms with E-state index in [4.69, 9.17) is 9.47 Å². The molecular formula is C20H30BrNO3. The summed E-state index contributed by atoms with van der Waals surface area (Å²) in [5.41, 5.74) is 0. The van der Waals surface area contributed by atoms with E-state index in [0.717, 1.165) is 62.0 Å². The molecule has 25 heavy (non-hydrogen) atoms. The molecule has 1 aromatic carbocycles. The first-order chi connectivity index (χ1) is 12.2. The normalized spacial score (nSPS) is 15.2. The monoisotopic (exact) mass is 411 g/mol. The zero-order valence-electron chi connectivity index (χ0n) is 15.2.